The lowest BCUT2D eigenvalue weighted by Crippen LogP contribution is -2.14. The lowest BCUT2D eigenvalue weighted by molar-refractivity contribution is 0.660. The summed E-state index contributed by atoms with van der Waals surface area (Å²) in [5.41, 5.74) is 32.9. The molecule has 1 aliphatic rings. The van der Waals surface area contributed by atoms with Crippen LogP contribution in [-0.2, 0) is 5.41 Å². The number of para-hydroxylation sites is 4. The Morgan fingerprint density at radius 3 is 0.717 bits per heavy atom. The molecule has 0 atom stereocenters. The van der Waals surface area contributed by atoms with Crippen LogP contribution < -0.4 is 0 Å². The van der Waals surface area contributed by atoms with E-state index in [2.05, 4.69) is 347 Å². The molecule has 0 radical (unpaired) electrons. The Bertz CT molecular complexity index is 8100. The van der Waals surface area contributed by atoms with Crippen LogP contribution in [0.25, 0.3) is 245 Å². The maximum Gasteiger partial charge on any atom is 0.164 e. The summed E-state index contributed by atoms with van der Waals surface area (Å²) in [6.07, 6.45) is 0. The van der Waals surface area contributed by atoms with Gasteiger partial charge in [0, 0.05) is 81.9 Å². The zero-order chi connectivity index (χ0) is 84.2. The Kier molecular flexibility index (Phi) is 17.7. The molecule has 0 N–H and O–H groups in total. The fourth-order valence-corrected chi connectivity index (χ4v) is 18.5. The quantitative estimate of drug-likeness (QED) is 0.110. The summed E-state index contributed by atoms with van der Waals surface area (Å²) < 4.78 is 25.0. The van der Waals surface area contributed by atoms with E-state index in [9.17, 15) is 0 Å². The number of hydrogen-bond acceptors (Lipinski definition) is 10. The SMILES string of the molecule is CC1(C)c2ccccc2-c2ccc(-c3ccc(-c4nc(-c5ccccc5)nc(-c5cc(-c6ccc7oc8ccccc8c7c6)cc(-c6ccc7oc8ccccc8c7c6)c5)n4)cc3)cc21.c1ccc(-c2ccc(-c3nc(-c4ccc(-c5ccccc5)cc4)nc(-c4cc(-c5ccc6oc7ccccc7c6c5)cc(-c5ccc6oc7ccccc7c6c5)c4)n3)cc2)cc1. The normalized spacial score (nSPS) is 12.2. The molecule has 18 aromatic carbocycles. The van der Waals surface area contributed by atoms with Crippen LogP contribution in [0.15, 0.2) is 430 Å². The minimum atomic E-state index is -0.0745. The molecule has 0 fully saturated rings. The molecule has 127 heavy (non-hydrogen) atoms. The average molecular weight is 1630 g/mol. The van der Waals surface area contributed by atoms with Crippen LogP contribution in [0, 0.1) is 0 Å². The Morgan fingerprint density at radius 2 is 0.370 bits per heavy atom. The van der Waals surface area contributed by atoms with E-state index >= 15 is 0 Å². The highest BCUT2D eigenvalue weighted by Gasteiger charge is 2.35. The molecule has 0 bridgehead atoms. The summed E-state index contributed by atoms with van der Waals surface area (Å²) in [7, 11) is 0. The molecule has 10 nitrogen and oxygen atoms in total. The molecule has 0 saturated carbocycles. The van der Waals surface area contributed by atoms with Crippen LogP contribution in [0.1, 0.15) is 25.0 Å². The van der Waals surface area contributed by atoms with Crippen molar-refractivity contribution in [2.75, 3.05) is 0 Å². The van der Waals surface area contributed by atoms with Gasteiger partial charge in [-0.05, 0) is 215 Å². The van der Waals surface area contributed by atoms with Gasteiger partial charge in [-0.2, -0.15) is 0 Å². The third-order valence-corrected chi connectivity index (χ3v) is 25.1. The van der Waals surface area contributed by atoms with Gasteiger partial charge in [-0.15, -0.1) is 0 Å². The van der Waals surface area contributed by atoms with Gasteiger partial charge in [-0.1, -0.05) is 311 Å². The summed E-state index contributed by atoms with van der Waals surface area (Å²) in [5.74, 6) is 3.58. The van der Waals surface area contributed by atoms with Crippen LogP contribution in [-0.4, -0.2) is 29.9 Å². The molecule has 0 spiro atoms. The van der Waals surface area contributed by atoms with Crippen molar-refractivity contribution in [2.45, 2.75) is 19.3 Å². The first-order valence-electron chi connectivity index (χ1n) is 42.8. The van der Waals surface area contributed by atoms with E-state index < -0.39 is 0 Å². The van der Waals surface area contributed by atoms with Crippen molar-refractivity contribution < 1.29 is 17.7 Å². The average Bonchev–Trinajstić information content (AvgIpc) is 1.58. The highest BCUT2D eigenvalue weighted by Crippen LogP contribution is 2.51. The number of fused-ring (bicyclic) bond motifs is 15. The number of rotatable bonds is 13. The summed E-state index contributed by atoms with van der Waals surface area (Å²) in [4.78, 5) is 31.2. The molecule has 0 aliphatic heterocycles. The summed E-state index contributed by atoms with van der Waals surface area (Å²) in [6, 6.07) is 144. The van der Waals surface area contributed by atoms with Gasteiger partial charge in [0.1, 0.15) is 44.7 Å². The van der Waals surface area contributed by atoms with E-state index in [-0.39, 0.29) is 5.41 Å². The van der Waals surface area contributed by atoms with Gasteiger partial charge in [0.05, 0.1) is 0 Å². The van der Waals surface area contributed by atoms with E-state index in [1.165, 1.54) is 27.8 Å². The monoisotopic (exact) mass is 1630 g/mol. The molecule has 1 aliphatic carbocycles. The van der Waals surface area contributed by atoms with Crippen LogP contribution in [0.5, 0.6) is 0 Å². The van der Waals surface area contributed by atoms with Crippen molar-refractivity contribution in [3.05, 3.63) is 424 Å². The maximum atomic E-state index is 6.24. The van der Waals surface area contributed by atoms with Crippen LogP contribution in [0.3, 0.4) is 0 Å². The second-order valence-electron chi connectivity index (χ2n) is 33.2. The van der Waals surface area contributed by atoms with Gasteiger partial charge >= 0.3 is 0 Å². The fraction of sp³-hybridized carbons (Fsp3) is 0.0256. The second kappa shape index (κ2) is 30.4. The molecule has 25 rings (SSSR count). The molecule has 6 aromatic heterocycles. The van der Waals surface area contributed by atoms with Crippen molar-refractivity contribution >= 4 is 87.8 Å². The Hall–Kier alpha value is -16.8. The van der Waals surface area contributed by atoms with Gasteiger partial charge in [0.2, 0.25) is 0 Å². The van der Waals surface area contributed by atoms with E-state index in [4.69, 9.17) is 47.6 Å². The number of aromatic nitrogens is 6. The first-order chi connectivity index (χ1) is 62.6. The molecular weight excluding hydrogens is 1550 g/mol. The van der Waals surface area contributed by atoms with Crippen molar-refractivity contribution in [1.29, 1.82) is 0 Å². The van der Waals surface area contributed by atoms with E-state index in [1.807, 2.05) is 78.9 Å². The molecule has 0 unspecified atom stereocenters. The Balaban J connectivity index is 0.000000142. The zero-order valence-corrected chi connectivity index (χ0v) is 69.1. The molecule has 596 valence electrons. The number of nitrogens with zero attached hydrogens (tertiary/aromatic N) is 6. The third-order valence-electron chi connectivity index (χ3n) is 25.1. The molecule has 24 aromatic rings. The minimum absolute atomic E-state index is 0.0745. The van der Waals surface area contributed by atoms with E-state index in [0.29, 0.717) is 34.9 Å². The van der Waals surface area contributed by atoms with Crippen LogP contribution >= 0.6 is 0 Å². The molecular formula is C117H74N6O4. The van der Waals surface area contributed by atoms with Crippen molar-refractivity contribution in [1.82, 2.24) is 29.9 Å². The van der Waals surface area contributed by atoms with Crippen LogP contribution in [0.4, 0.5) is 0 Å². The highest BCUT2D eigenvalue weighted by molar-refractivity contribution is 6.10. The van der Waals surface area contributed by atoms with Gasteiger partial charge in [0.25, 0.3) is 0 Å². The molecule has 10 heteroatoms. The third kappa shape index (κ3) is 13.5. The van der Waals surface area contributed by atoms with Gasteiger partial charge in [-0.3, -0.25) is 0 Å². The van der Waals surface area contributed by atoms with Crippen LogP contribution in [0.2, 0.25) is 0 Å². The number of benzene rings is 18. The van der Waals surface area contributed by atoms with E-state index in [0.717, 1.165) is 193 Å². The summed E-state index contributed by atoms with van der Waals surface area (Å²) in [6.45, 7) is 4.65. The lowest BCUT2D eigenvalue weighted by atomic mass is 9.81. The standard InChI is InChI=1S/C60H39N3O2.C57H35N3O2/c1-60(2)51-17-9-6-14-45(51)46-27-24-41(35-52(46)60)36-20-22-38(23-21-36)58-61-57(37-12-4-3-5-13-37)62-59(63-58)44-31-42(39-25-28-55-49(33-39)47-15-7-10-18-53(47)64-55)30-43(32-44)40-26-29-56-50(34-40)48-16-8-11-19-54(48)65-56;1-3-11-36(12-4-1)38-19-23-40(24-20-38)55-58-56(41-25-21-39(22-26-41)37-13-5-2-6-14-37)60-57(59-55)46-32-44(42-27-29-53-49(34-42)47-15-7-9-17-51(47)61-53)31-45(33-46)43-28-30-54-50(35-43)48-16-8-10-18-52(48)62-54/h3-35H,1-2H3;1-35H. The first-order valence-corrected chi connectivity index (χ1v) is 42.8. The topological polar surface area (TPSA) is 130 Å². The minimum Gasteiger partial charge on any atom is -0.456 e. The van der Waals surface area contributed by atoms with Gasteiger partial charge < -0.3 is 17.7 Å². The molecule has 0 amide bonds. The number of hydrogen-bond donors (Lipinski definition) is 0. The summed E-state index contributed by atoms with van der Waals surface area (Å²) >= 11 is 0. The van der Waals surface area contributed by atoms with Gasteiger partial charge in [-0.25, -0.2) is 29.9 Å². The smallest absolute Gasteiger partial charge is 0.164 e. The predicted molar refractivity (Wildman–Crippen MR) is 517 cm³/mol. The molecule has 0 saturated heterocycles. The van der Waals surface area contributed by atoms with Crippen molar-refractivity contribution in [3.8, 4) is 157 Å². The second-order valence-corrected chi connectivity index (χ2v) is 33.2. The summed E-state index contributed by atoms with van der Waals surface area (Å²) in [5, 5.41) is 8.62. The number of furan rings is 4. The maximum absolute atomic E-state index is 6.24. The predicted octanol–water partition coefficient (Wildman–Crippen LogP) is 31.3. The Morgan fingerprint density at radius 1 is 0.150 bits per heavy atom. The van der Waals surface area contributed by atoms with E-state index in [1.54, 1.807) is 0 Å². The highest BCUT2D eigenvalue weighted by atomic mass is 16.3. The molecule has 6 heterocycles. The Labute approximate surface area is 730 Å². The largest absolute Gasteiger partial charge is 0.456 e. The van der Waals surface area contributed by atoms with Gasteiger partial charge in [0.15, 0.2) is 34.9 Å². The first kappa shape index (κ1) is 74.0. The fourth-order valence-electron chi connectivity index (χ4n) is 18.5. The van der Waals surface area contributed by atoms with Crippen molar-refractivity contribution in [3.63, 3.8) is 0 Å². The zero-order valence-electron chi connectivity index (χ0n) is 69.1. The lowest BCUT2D eigenvalue weighted by Gasteiger charge is -2.22. The van der Waals surface area contributed by atoms with Crippen molar-refractivity contribution in [2.24, 2.45) is 0 Å².